The first-order valence-electron chi connectivity index (χ1n) is 7.33. The molecule has 3 aromatic rings. The van der Waals surface area contributed by atoms with E-state index in [1.807, 2.05) is 31.2 Å². The number of phenolic OH excluding ortho intramolecular Hbond substituents is 1. The number of hydrogen-bond donors (Lipinski definition) is 4. The zero-order chi connectivity index (χ0) is 16.2. The van der Waals surface area contributed by atoms with E-state index in [2.05, 4.69) is 20.6 Å². The van der Waals surface area contributed by atoms with E-state index in [1.165, 1.54) is 6.33 Å². The summed E-state index contributed by atoms with van der Waals surface area (Å²) in [5.74, 6) is 0.749. The monoisotopic (exact) mass is 310 g/mol. The molecule has 0 fully saturated rings. The molecular formula is C17H18N4O2. The van der Waals surface area contributed by atoms with Gasteiger partial charge in [-0.3, -0.25) is 0 Å². The first-order valence-corrected chi connectivity index (χ1v) is 7.33. The summed E-state index contributed by atoms with van der Waals surface area (Å²) in [6.45, 7) is 2.36. The van der Waals surface area contributed by atoms with Crippen LogP contribution in [0.3, 0.4) is 0 Å². The molecule has 4 N–H and O–H groups in total. The summed E-state index contributed by atoms with van der Waals surface area (Å²) in [7, 11) is 0. The van der Waals surface area contributed by atoms with Crippen LogP contribution in [0.5, 0.6) is 5.75 Å². The second kappa shape index (κ2) is 6.50. The summed E-state index contributed by atoms with van der Waals surface area (Å²) in [5, 5.41) is 26.0. The summed E-state index contributed by atoms with van der Waals surface area (Å²) < 4.78 is 0. The van der Waals surface area contributed by atoms with E-state index in [9.17, 15) is 5.11 Å². The molecule has 6 heteroatoms. The Morgan fingerprint density at radius 2 is 2.00 bits per heavy atom. The van der Waals surface area contributed by atoms with Crippen LogP contribution in [0.4, 0.5) is 17.2 Å². The van der Waals surface area contributed by atoms with E-state index in [1.54, 1.807) is 12.1 Å². The van der Waals surface area contributed by atoms with Crippen LogP contribution in [0.1, 0.15) is 5.56 Å². The molecule has 23 heavy (non-hydrogen) atoms. The number of anilines is 3. The maximum atomic E-state index is 10.0. The highest BCUT2D eigenvalue weighted by atomic mass is 16.3. The Labute approximate surface area is 133 Å². The lowest BCUT2D eigenvalue weighted by Gasteiger charge is -2.12. The number of nitrogens with one attached hydrogen (secondary N) is 2. The van der Waals surface area contributed by atoms with Gasteiger partial charge in [0.2, 0.25) is 0 Å². The maximum Gasteiger partial charge on any atom is 0.141 e. The van der Waals surface area contributed by atoms with Gasteiger partial charge in [0.25, 0.3) is 0 Å². The normalized spacial score (nSPS) is 10.7. The van der Waals surface area contributed by atoms with E-state index in [-0.39, 0.29) is 12.4 Å². The third-order valence-corrected chi connectivity index (χ3v) is 3.46. The molecule has 0 atom stereocenters. The molecule has 0 bridgehead atoms. The number of aliphatic hydroxyl groups is 1. The number of aromatic hydroxyl groups is 1. The fraction of sp³-hybridized carbons (Fsp3) is 0.176. The van der Waals surface area contributed by atoms with Gasteiger partial charge in [-0.2, -0.15) is 0 Å². The van der Waals surface area contributed by atoms with Crippen molar-refractivity contribution in [1.82, 2.24) is 9.97 Å². The smallest absolute Gasteiger partial charge is 0.141 e. The summed E-state index contributed by atoms with van der Waals surface area (Å²) in [6.07, 6.45) is 1.46. The average Bonchev–Trinajstić information content (AvgIpc) is 2.53. The summed E-state index contributed by atoms with van der Waals surface area (Å²) in [5.41, 5.74) is 3.26. The number of hydrogen-bond acceptors (Lipinski definition) is 6. The Morgan fingerprint density at radius 1 is 1.13 bits per heavy atom. The molecule has 6 nitrogen and oxygen atoms in total. The minimum atomic E-state index is -0.0167. The molecule has 0 aliphatic heterocycles. The number of aromatic nitrogens is 2. The number of rotatable bonds is 5. The fourth-order valence-electron chi connectivity index (χ4n) is 2.38. The van der Waals surface area contributed by atoms with Crippen LogP contribution >= 0.6 is 0 Å². The maximum absolute atomic E-state index is 10.0. The van der Waals surface area contributed by atoms with E-state index in [4.69, 9.17) is 5.11 Å². The summed E-state index contributed by atoms with van der Waals surface area (Å²) >= 11 is 0. The molecular weight excluding hydrogens is 292 g/mol. The van der Waals surface area contributed by atoms with Gasteiger partial charge in [0.1, 0.15) is 17.9 Å². The van der Waals surface area contributed by atoms with Gasteiger partial charge in [-0.25, -0.2) is 9.97 Å². The molecule has 2 aromatic carbocycles. The second-order valence-corrected chi connectivity index (χ2v) is 5.25. The number of nitrogens with zero attached hydrogens (tertiary/aromatic N) is 2. The molecule has 0 amide bonds. The van der Waals surface area contributed by atoms with E-state index < -0.39 is 0 Å². The van der Waals surface area contributed by atoms with E-state index in [0.29, 0.717) is 23.6 Å². The van der Waals surface area contributed by atoms with Crippen LogP contribution in [0.15, 0.2) is 42.7 Å². The zero-order valence-electron chi connectivity index (χ0n) is 12.7. The van der Waals surface area contributed by atoms with Crippen molar-refractivity contribution in [2.24, 2.45) is 0 Å². The SMILES string of the molecule is Cc1cccc(Nc2ncnc3cc(O)c(NCCO)cc23)c1. The van der Waals surface area contributed by atoms with Crippen LogP contribution in [-0.2, 0) is 0 Å². The quantitative estimate of drug-likeness (QED) is 0.542. The Morgan fingerprint density at radius 3 is 2.78 bits per heavy atom. The molecule has 118 valence electrons. The minimum absolute atomic E-state index is 0.0167. The predicted octanol–water partition coefficient (Wildman–Crippen LogP) is 2.79. The minimum Gasteiger partial charge on any atom is -0.506 e. The number of phenols is 1. The third-order valence-electron chi connectivity index (χ3n) is 3.46. The summed E-state index contributed by atoms with van der Waals surface area (Å²) in [4.78, 5) is 8.50. The van der Waals surface area contributed by atoms with Gasteiger partial charge in [0.15, 0.2) is 0 Å². The number of aliphatic hydroxyl groups excluding tert-OH is 1. The van der Waals surface area contributed by atoms with Gasteiger partial charge < -0.3 is 20.8 Å². The van der Waals surface area contributed by atoms with Gasteiger partial charge in [-0.15, -0.1) is 0 Å². The largest absolute Gasteiger partial charge is 0.506 e. The molecule has 0 saturated carbocycles. The highest BCUT2D eigenvalue weighted by molar-refractivity contribution is 5.94. The molecule has 0 aliphatic rings. The van der Waals surface area contributed by atoms with Crippen LogP contribution in [0.2, 0.25) is 0 Å². The van der Waals surface area contributed by atoms with E-state index in [0.717, 1.165) is 16.6 Å². The Balaban J connectivity index is 2.02. The van der Waals surface area contributed by atoms with Gasteiger partial charge in [0.05, 0.1) is 17.8 Å². The average molecular weight is 310 g/mol. The van der Waals surface area contributed by atoms with Gasteiger partial charge in [-0.1, -0.05) is 12.1 Å². The van der Waals surface area contributed by atoms with Gasteiger partial charge in [0, 0.05) is 23.7 Å². The lowest BCUT2D eigenvalue weighted by Crippen LogP contribution is -2.06. The highest BCUT2D eigenvalue weighted by Gasteiger charge is 2.09. The zero-order valence-corrected chi connectivity index (χ0v) is 12.7. The van der Waals surface area contributed by atoms with Crippen molar-refractivity contribution in [1.29, 1.82) is 0 Å². The first-order chi connectivity index (χ1) is 11.2. The van der Waals surface area contributed by atoms with E-state index >= 15 is 0 Å². The topological polar surface area (TPSA) is 90.3 Å². The number of aryl methyl sites for hydroxylation is 1. The molecule has 3 rings (SSSR count). The molecule has 1 aromatic heterocycles. The van der Waals surface area contributed by atoms with Crippen LogP contribution in [0, 0.1) is 6.92 Å². The van der Waals surface area contributed by atoms with Crippen molar-refractivity contribution >= 4 is 28.1 Å². The fourth-order valence-corrected chi connectivity index (χ4v) is 2.38. The third kappa shape index (κ3) is 3.32. The molecule has 0 unspecified atom stereocenters. The first kappa shape index (κ1) is 15.1. The van der Waals surface area contributed by atoms with Crippen LogP contribution in [-0.4, -0.2) is 33.3 Å². The van der Waals surface area contributed by atoms with Gasteiger partial charge >= 0.3 is 0 Å². The number of benzene rings is 2. The Bertz CT molecular complexity index is 836. The lowest BCUT2D eigenvalue weighted by atomic mass is 10.1. The molecule has 0 radical (unpaired) electrons. The second-order valence-electron chi connectivity index (χ2n) is 5.25. The molecule has 1 heterocycles. The van der Waals surface area contributed by atoms with Crippen molar-refractivity contribution < 1.29 is 10.2 Å². The predicted molar refractivity (Wildman–Crippen MR) is 91.2 cm³/mol. The molecule has 0 spiro atoms. The lowest BCUT2D eigenvalue weighted by molar-refractivity contribution is 0.311. The Hall–Kier alpha value is -2.86. The van der Waals surface area contributed by atoms with Crippen molar-refractivity contribution in [2.75, 3.05) is 23.8 Å². The van der Waals surface area contributed by atoms with Crippen molar-refractivity contribution in [3.63, 3.8) is 0 Å². The number of fused-ring (bicyclic) bond motifs is 1. The van der Waals surface area contributed by atoms with Crippen molar-refractivity contribution in [3.05, 3.63) is 48.3 Å². The van der Waals surface area contributed by atoms with Crippen LogP contribution in [0.25, 0.3) is 10.9 Å². The molecule has 0 aliphatic carbocycles. The van der Waals surface area contributed by atoms with Crippen molar-refractivity contribution in [2.45, 2.75) is 6.92 Å². The van der Waals surface area contributed by atoms with Crippen LogP contribution < -0.4 is 10.6 Å². The van der Waals surface area contributed by atoms with Crippen molar-refractivity contribution in [3.8, 4) is 5.75 Å². The highest BCUT2D eigenvalue weighted by Crippen LogP contribution is 2.32. The molecule has 0 saturated heterocycles. The van der Waals surface area contributed by atoms with Gasteiger partial charge in [-0.05, 0) is 30.7 Å². The standard InChI is InChI=1S/C17H18N4O2/c1-11-3-2-4-12(7-11)21-17-13-8-15(18-5-6-22)16(23)9-14(13)19-10-20-17/h2-4,7-10,18,22-23H,5-6H2,1H3,(H,19,20,21). The Kier molecular flexibility index (Phi) is 4.25. The summed E-state index contributed by atoms with van der Waals surface area (Å²) in [6, 6.07) is 11.3.